The van der Waals surface area contributed by atoms with Crippen LogP contribution in [0.5, 0.6) is 11.5 Å². The average Bonchev–Trinajstić information content (AvgIpc) is 3.08. The number of hydrogen-bond donors (Lipinski definition) is 1. The lowest BCUT2D eigenvalue weighted by molar-refractivity contribution is -0.123. The molecule has 4 nitrogen and oxygen atoms in total. The minimum Gasteiger partial charge on any atom is -0.511 e. The number of ether oxygens (including phenoxy) is 1. The maximum absolute atomic E-state index is 14.3. The Morgan fingerprint density at radius 1 is 1.10 bits per heavy atom. The summed E-state index contributed by atoms with van der Waals surface area (Å²) in [6.07, 6.45) is 5.00. The zero-order valence-electron chi connectivity index (χ0n) is 17.4. The van der Waals surface area contributed by atoms with Crippen LogP contribution in [0.15, 0.2) is 42.2 Å². The van der Waals surface area contributed by atoms with Gasteiger partial charge in [-0.1, -0.05) is 13.0 Å². The second kappa shape index (κ2) is 7.53. The molecule has 2 atom stereocenters. The van der Waals surface area contributed by atoms with Crippen LogP contribution in [0.1, 0.15) is 49.3 Å². The minimum absolute atomic E-state index is 0.0110. The number of aryl methyl sites for hydroxylation is 1. The molecule has 0 heterocycles. The molecule has 0 aromatic heterocycles. The van der Waals surface area contributed by atoms with E-state index in [0.29, 0.717) is 35.1 Å². The molecule has 4 aliphatic carbocycles. The van der Waals surface area contributed by atoms with E-state index in [-0.39, 0.29) is 34.7 Å². The third-order valence-electron chi connectivity index (χ3n) is 7.36. The largest absolute Gasteiger partial charge is 0.511 e. The van der Waals surface area contributed by atoms with Crippen molar-refractivity contribution >= 4 is 11.4 Å². The van der Waals surface area contributed by atoms with Crippen molar-refractivity contribution in [2.24, 2.45) is 23.7 Å². The highest BCUT2D eigenvalue weighted by Gasteiger charge is 2.54. The van der Waals surface area contributed by atoms with Crippen molar-refractivity contribution in [1.29, 1.82) is 5.26 Å². The van der Waals surface area contributed by atoms with Gasteiger partial charge >= 0.3 is 0 Å². The van der Waals surface area contributed by atoms with Crippen molar-refractivity contribution in [3.8, 4) is 17.6 Å². The number of Topliss-reactive ketones (excluding diaryl/α,β-unsaturated/α-hetero) is 1. The van der Waals surface area contributed by atoms with Crippen LogP contribution in [0.3, 0.4) is 0 Å². The standard InChI is InChI=1S/C26H24FNO3/c1-2-15-8-9-18(31-21-10-3-14(13-28)11-20(21)27)12-19(15)24-25(29)22-16-4-5-17(7-6-16)23(22)26(24)30/h3,8-12,16-17,22-23,29H,2,4-7H2,1H3. The predicted octanol–water partition coefficient (Wildman–Crippen LogP) is 5.96. The number of benzene rings is 2. The van der Waals surface area contributed by atoms with Crippen molar-refractivity contribution < 1.29 is 19.0 Å². The molecule has 2 bridgehead atoms. The molecule has 31 heavy (non-hydrogen) atoms. The van der Waals surface area contributed by atoms with Gasteiger partial charge in [-0.3, -0.25) is 4.79 Å². The number of carbonyl (C=O) groups is 1. The lowest BCUT2D eigenvalue weighted by Crippen LogP contribution is -2.41. The Morgan fingerprint density at radius 3 is 2.42 bits per heavy atom. The monoisotopic (exact) mass is 417 g/mol. The molecule has 2 aromatic carbocycles. The molecule has 0 aliphatic heterocycles. The van der Waals surface area contributed by atoms with E-state index in [1.54, 1.807) is 12.1 Å². The average molecular weight is 417 g/mol. The van der Waals surface area contributed by atoms with Crippen LogP contribution in [0.4, 0.5) is 4.39 Å². The number of ketones is 1. The summed E-state index contributed by atoms with van der Waals surface area (Å²) in [5, 5.41) is 20.1. The van der Waals surface area contributed by atoms with Gasteiger partial charge in [0, 0.05) is 11.8 Å². The van der Waals surface area contributed by atoms with Gasteiger partial charge in [0.05, 0.1) is 17.2 Å². The third-order valence-corrected chi connectivity index (χ3v) is 7.36. The highest BCUT2D eigenvalue weighted by Crippen LogP contribution is 2.57. The number of carbonyl (C=O) groups excluding carboxylic acids is 1. The predicted molar refractivity (Wildman–Crippen MR) is 114 cm³/mol. The first-order chi connectivity index (χ1) is 15.0. The second-order valence-corrected chi connectivity index (χ2v) is 8.88. The van der Waals surface area contributed by atoms with E-state index in [0.717, 1.165) is 37.3 Å². The molecule has 0 saturated heterocycles. The van der Waals surface area contributed by atoms with Crippen molar-refractivity contribution in [2.75, 3.05) is 0 Å². The first-order valence-corrected chi connectivity index (χ1v) is 11.0. The molecule has 2 unspecified atom stereocenters. The number of nitriles is 1. The molecule has 0 radical (unpaired) electrons. The van der Waals surface area contributed by atoms with Crippen molar-refractivity contribution in [2.45, 2.75) is 39.0 Å². The van der Waals surface area contributed by atoms with Gasteiger partial charge in [-0.15, -0.1) is 0 Å². The van der Waals surface area contributed by atoms with E-state index in [1.807, 2.05) is 19.1 Å². The summed E-state index contributed by atoms with van der Waals surface area (Å²) in [7, 11) is 0. The van der Waals surface area contributed by atoms with Gasteiger partial charge in [0.15, 0.2) is 17.3 Å². The number of rotatable bonds is 4. The minimum atomic E-state index is -0.623. The van der Waals surface area contributed by atoms with Gasteiger partial charge in [0.25, 0.3) is 0 Å². The quantitative estimate of drug-likeness (QED) is 0.667. The molecular weight excluding hydrogens is 393 g/mol. The van der Waals surface area contributed by atoms with Gasteiger partial charge in [-0.25, -0.2) is 4.39 Å². The molecule has 5 heteroatoms. The Bertz CT molecular complexity index is 1140. The first kappa shape index (κ1) is 19.8. The first-order valence-electron chi connectivity index (χ1n) is 11.0. The highest BCUT2D eigenvalue weighted by atomic mass is 19.1. The Balaban J connectivity index is 1.54. The zero-order valence-corrected chi connectivity index (χ0v) is 17.4. The van der Waals surface area contributed by atoms with Crippen LogP contribution in [0.2, 0.25) is 0 Å². The molecule has 6 rings (SSSR count). The van der Waals surface area contributed by atoms with Crippen LogP contribution >= 0.6 is 0 Å². The number of aliphatic hydroxyl groups excluding tert-OH is 1. The molecular formula is C26H24FNO3. The van der Waals surface area contributed by atoms with Gasteiger partial charge in [-0.2, -0.15) is 5.26 Å². The molecule has 0 amide bonds. The van der Waals surface area contributed by atoms with E-state index in [2.05, 4.69) is 0 Å². The van der Waals surface area contributed by atoms with Crippen molar-refractivity contribution in [3.63, 3.8) is 0 Å². The zero-order chi connectivity index (χ0) is 21.7. The smallest absolute Gasteiger partial charge is 0.170 e. The van der Waals surface area contributed by atoms with E-state index < -0.39 is 5.82 Å². The Morgan fingerprint density at radius 2 is 1.81 bits per heavy atom. The normalized spacial score (nSPS) is 26.7. The Labute approximate surface area is 181 Å². The van der Waals surface area contributed by atoms with Crippen LogP contribution < -0.4 is 4.74 Å². The Hall–Kier alpha value is -3.13. The highest BCUT2D eigenvalue weighted by molar-refractivity contribution is 6.25. The summed E-state index contributed by atoms with van der Waals surface area (Å²) in [6.45, 7) is 2.01. The number of allylic oxidation sites excluding steroid dienone is 2. The Kier molecular flexibility index (Phi) is 4.81. The van der Waals surface area contributed by atoms with Crippen LogP contribution in [-0.4, -0.2) is 10.9 Å². The maximum atomic E-state index is 14.3. The van der Waals surface area contributed by atoms with E-state index in [4.69, 9.17) is 10.00 Å². The van der Waals surface area contributed by atoms with E-state index in [1.165, 1.54) is 12.1 Å². The fourth-order valence-electron chi connectivity index (χ4n) is 5.89. The summed E-state index contributed by atoms with van der Waals surface area (Å²) in [5.41, 5.74) is 2.28. The second-order valence-electron chi connectivity index (χ2n) is 8.88. The molecule has 0 spiro atoms. The molecule has 3 fully saturated rings. The van der Waals surface area contributed by atoms with Gasteiger partial charge < -0.3 is 9.84 Å². The van der Waals surface area contributed by atoms with Gasteiger partial charge in [0.2, 0.25) is 0 Å². The van der Waals surface area contributed by atoms with Gasteiger partial charge in [-0.05, 0) is 85.4 Å². The number of aliphatic hydroxyl groups is 1. The number of nitrogens with zero attached hydrogens (tertiary/aromatic N) is 1. The number of fused-ring (bicyclic) bond motifs is 2. The van der Waals surface area contributed by atoms with Crippen LogP contribution in [0.25, 0.3) is 5.57 Å². The summed E-state index contributed by atoms with van der Waals surface area (Å²) >= 11 is 0. The topological polar surface area (TPSA) is 70.3 Å². The summed E-state index contributed by atoms with van der Waals surface area (Å²) in [4.78, 5) is 13.5. The maximum Gasteiger partial charge on any atom is 0.170 e. The molecule has 158 valence electrons. The van der Waals surface area contributed by atoms with Crippen LogP contribution in [0, 0.1) is 40.8 Å². The molecule has 2 aromatic rings. The fourth-order valence-corrected chi connectivity index (χ4v) is 5.89. The molecule has 4 aliphatic rings. The SMILES string of the molecule is CCc1ccc(Oc2ccc(C#N)cc2F)cc1C1=C(O)C2C3CCC(CC3)C2C1=O. The summed E-state index contributed by atoms with van der Waals surface area (Å²) < 4.78 is 20.1. The third kappa shape index (κ3) is 3.13. The van der Waals surface area contributed by atoms with Crippen molar-refractivity contribution in [3.05, 3.63) is 64.7 Å². The number of hydrogen-bond acceptors (Lipinski definition) is 4. The fraction of sp³-hybridized carbons (Fsp3) is 0.385. The van der Waals surface area contributed by atoms with E-state index >= 15 is 0 Å². The van der Waals surface area contributed by atoms with Gasteiger partial charge in [0.1, 0.15) is 11.5 Å². The van der Waals surface area contributed by atoms with Crippen molar-refractivity contribution in [1.82, 2.24) is 0 Å². The summed E-state index contributed by atoms with van der Waals surface area (Å²) in [5.74, 6) is 0.649. The molecule has 1 N–H and O–H groups in total. The van der Waals surface area contributed by atoms with Crippen LogP contribution in [-0.2, 0) is 11.2 Å². The van der Waals surface area contributed by atoms with E-state index in [9.17, 15) is 14.3 Å². The lowest BCUT2D eigenvalue weighted by Gasteiger charge is -2.44. The summed E-state index contributed by atoms with van der Waals surface area (Å²) in [6, 6.07) is 11.3. The number of halogens is 1. The lowest BCUT2D eigenvalue weighted by atomic mass is 9.59. The molecule has 3 saturated carbocycles.